The fourth-order valence-electron chi connectivity index (χ4n) is 3.25. The predicted molar refractivity (Wildman–Crippen MR) is 93.3 cm³/mol. The second-order valence-electron chi connectivity index (χ2n) is 6.87. The van der Waals surface area contributed by atoms with Crippen molar-refractivity contribution in [1.29, 1.82) is 0 Å². The Kier molecular flexibility index (Phi) is 6.60. The minimum absolute atomic E-state index is 0.0824. The molecular formula is C19H30N2O2. The number of piperidine rings is 1. The summed E-state index contributed by atoms with van der Waals surface area (Å²) in [7, 11) is 0. The molecule has 2 rings (SSSR count). The van der Waals surface area contributed by atoms with Crippen molar-refractivity contribution in [2.45, 2.75) is 51.7 Å². The Morgan fingerprint density at radius 3 is 2.65 bits per heavy atom. The normalized spacial score (nSPS) is 23.0. The average Bonchev–Trinajstić information content (AvgIpc) is 2.59. The van der Waals surface area contributed by atoms with Gasteiger partial charge in [0, 0.05) is 13.1 Å². The molecule has 4 nitrogen and oxygen atoms in total. The number of benzene rings is 1. The number of amides is 1. The highest BCUT2D eigenvalue weighted by Gasteiger charge is 2.29. The number of aliphatic hydroxyl groups excluding tert-OH is 1. The molecule has 1 aromatic rings. The third kappa shape index (κ3) is 5.05. The third-order valence-electron chi connectivity index (χ3n) is 5.05. The van der Waals surface area contributed by atoms with E-state index in [1.165, 1.54) is 5.56 Å². The van der Waals surface area contributed by atoms with Gasteiger partial charge in [0.2, 0.25) is 5.91 Å². The summed E-state index contributed by atoms with van der Waals surface area (Å²) in [6.45, 7) is 8.34. The van der Waals surface area contributed by atoms with Gasteiger partial charge in [-0.05, 0) is 50.6 Å². The topological polar surface area (TPSA) is 52.6 Å². The largest absolute Gasteiger partial charge is 0.393 e. The van der Waals surface area contributed by atoms with E-state index in [9.17, 15) is 9.90 Å². The van der Waals surface area contributed by atoms with Gasteiger partial charge in [0.05, 0.1) is 12.1 Å². The molecule has 1 aromatic carbocycles. The molecule has 0 aliphatic carbocycles. The summed E-state index contributed by atoms with van der Waals surface area (Å²) in [5.41, 5.74) is 1.24. The molecule has 23 heavy (non-hydrogen) atoms. The van der Waals surface area contributed by atoms with E-state index in [1.807, 2.05) is 32.0 Å². The summed E-state index contributed by atoms with van der Waals surface area (Å²) in [5, 5.41) is 12.9. The number of aliphatic hydroxyl groups is 1. The Morgan fingerprint density at radius 1 is 1.30 bits per heavy atom. The molecule has 128 valence electrons. The summed E-state index contributed by atoms with van der Waals surface area (Å²) in [6.07, 6.45) is 1.80. The molecule has 1 aliphatic rings. The van der Waals surface area contributed by atoms with Crippen LogP contribution in [-0.4, -0.2) is 47.7 Å². The van der Waals surface area contributed by atoms with Crippen molar-refractivity contribution >= 4 is 5.91 Å². The zero-order valence-corrected chi connectivity index (χ0v) is 14.5. The predicted octanol–water partition coefficient (Wildman–Crippen LogP) is 2.39. The number of carbonyl (C=O) groups is 1. The van der Waals surface area contributed by atoms with E-state index in [4.69, 9.17) is 0 Å². The molecule has 4 unspecified atom stereocenters. The van der Waals surface area contributed by atoms with Crippen molar-refractivity contribution in [1.82, 2.24) is 10.2 Å². The molecule has 0 bridgehead atoms. The fraction of sp³-hybridized carbons (Fsp3) is 0.632. The van der Waals surface area contributed by atoms with Gasteiger partial charge < -0.3 is 10.4 Å². The van der Waals surface area contributed by atoms with Crippen molar-refractivity contribution in [3.05, 3.63) is 35.9 Å². The van der Waals surface area contributed by atoms with E-state index in [2.05, 4.69) is 29.3 Å². The molecule has 0 radical (unpaired) electrons. The molecule has 1 fully saturated rings. The van der Waals surface area contributed by atoms with E-state index in [0.717, 1.165) is 25.9 Å². The van der Waals surface area contributed by atoms with Crippen LogP contribution in [0.25, 0.3) is 0 Å². The van der Waals surface area contributed by atoms with Crippen LogP contribution in [0.15, 0.2) is 30.3 Å². The number of nitrogens with zero attached hydrogens (tertiary/aromatic N) is 1. The Balaban J connectivity index is 1.83. The molecule has 4 atom stereocenters. The highest BCUT2D eigenvalue weighted by atomic mass is 16.3. The minimum Gasteiger partial charge on any atom is -0.393 e. The first-order valence-electron chi connectivity index (χ1n) is 8.73. The highest BCUT2D eigenvalue weighted by molar-refractivity contribution is 5.81. The van der Waals surface area contributed by atoms with Crippen LogP contribution in [-0.2, 0) is 4.79 Å². The van der Waals surface area contributed by atoms with E-state index in [0.29, 0.717) is 12.5 Å². The van der Waals surface area contributed by atoms with Gasteiger partial charge >= 0.3 is 0 Å². The Bertz CT molecular complexity index is 489. The van der Waals surface area contributed by atoms with Crippen LogP contribution < -0.4 is 5.32 Å². The van der Waals surface area contributed by atoms with Crippen molar-refractivity contribution in [3.8, 4) is 0 Å². The van der Waals surface area contributed by atoms with Crippen LogP contribution in [0, 0.1) is 5.92 Å². The highest BCUT2D eigenvalue weighted by Crippen LogP contribution is 2.21. The molecule has 1 aliphatic heterocycles. The third-order valence-corrected chi connectivity index (χ3v) is 5.05. The smallest absolute Gasteiger partial charge is 0.237 e. The number of nitrogens with one attached hydrogen (secondary N) is 1. The van der Waals surface area contributed by atoms with Gasteiger partial charge in [-0.25, -0.2) is 0 Å². The second kappa shape index (κ2) is 8.46. The molecule has 0 aromatic heterocycles. The molecule has 1 saturated heterocycles. The summed E-state index contributed by atoms with van der Waals surface area (Å²) in [6, 6.07) is 10.1. The van der Waals surface area contributed by atoms with Gasteiger partial charge in [0.15, 0.2) is 0 Å². The summed E-state index contributed by atoms with van der Waals surface area (Å²) >= 11 is 0. The van der Waals surface area contributed by atoms with Crippen molar-refractivity contribution in [2.24, 2.45) is 5.92 Å². The first-order valence-corrected chi connectivity index (χ1v) is 8.73. The van der Waals surface area contributed by atoms with Gasteiger partial charge in [-0.2, -0.15) is 0 Å². The quantitative estimate of drug-likeness (QED) is 0.847. The van der Waals surface area contributed by atoms with E-state index < -0.39 is 0 Å². The van der Waals surface area contributed by atoms with Gasteiger partial charge in [-0.3, -0.25) is 9.69 Å². The summed E-state index contributed by atoms with van der Waals surface area (Å²) < 4.78 is 0. The monoisotopic (exact) mass is 318 g/mol. The number of likely N-dealkylation sites (tertiary alicyclic amines) is 1. The first-order chi connectivity index (χ1) is 11.0. The standard InChI is InChI=1S/C19H30N2O2/c1-14(17-8-5-4-6-9-17)12-20-19(23)15(2)21-11-7-10-18(13-21)16(3)22/h4-6,8-9,14-16,18,22H,7,10-13H2,1-3H3,(H,20,23). The molecule has 4 heteroatoms. The molecule has 1 heterocycles. The molecule has 2 N–H and O–H groups in total. The first kappa shape index (κ1) is 18.0. The molecule has 1 amide bonds. The van der Waals surface area contributed by atoms with Crippen LogP contribution in [0.2, 0.25) is 0 Å². The SMILES string of the molecule is CC(CNC(=O)C(C)N1CCCC(C(C)O)C1)c1ccccc1. The van der Waals surface area contributed by atoms with Crippen molar-refractivity contribution < 1.29 is 9.90 Å². The lowest BCUT2D eigenvalue weighted by atomic mass is 9.92. The van der Waals surface area contributed by atoms with Gasteiger partial charge in [-0.1, -0.05) is 37.3 Å². The minimum atomic E-state index is -0.300. The lowest BCUT2D eigenvalue weighted by Crippen LogP contribution is -2.50. The zero-order valence-electron chi connectivity index (χ0n) is 14.5. The van der Waals surface area contributed by atoms with Crippen LogP contribution in [0.4, 0.5) is 0 Å². The molecule has 0 saturated carbocycles. The van der Waals surface area contributed by atoms with Crippen LogP contribution >= 0.6 is 0 Å². The van der Waals surface area contributed by atoms with Crippen LogP contribution in [0.1, 0.15) is 45.1 Å². The number of hydrogen-bond acceptors (Lipinski definition) is 3. The number of carbonyl (C=O) groups excluding carboxylic acids is 1. The van der Waals surface area contributed by atoms with Gasteiger partial charge in [0.1, 0.15) is 0 Å². The number of rotatable bonds is 6. The second-order valence-corrected chi connectivity index (χ2v) is 6.87. The van der Waals surface area contributed by atoms with Crippen LogP contribution in [0.3, 0.4) is 0 Å². The fourth-order valence-corrected chi connectivity index (χ4v) is 3.25. The summed E-state index contributed by atoms with van der Waals surface area (Å²) in [4.78, 5) is 14.6. The maximum absolute atomic E-state index is 12.4. The maximum atomic E-state index is 12.4. The van der Waals surface area contributed by atoms with E-state index >= 15 is 0 Å². The van der Waals surface area contributed by atoms with Crippen molar-refractivity contribution in [3.63, 3.8) is 0 Å². The van der Waals surface area contributed by atoms with E-state index in [1.54, 1.807) is 0 Å². The van der Waals surface area contributed by atoms with Crippen molar-refractivity contribution in [2.75, 3.05) is 19.6 Å². The van der Waals surface area contributed by atoms with Gasteiger partial charge in [0.25, 0.3) is 0 Å². The molecule has 0 spiro atoms. The zero-order chi connectivity index (χ0) is 16.8. The van der Waals surface area contributed by atoms with Gasteiger partial charge in [-0.15, -0.1) is 0 Å². The Morgan fingerprint density at radius 2 is 2.00 bits per heavy atom. The molecular weight excluding hydrogens is 288 g/mol. The lowest BCUT2D eigenvalue weighted by Gasteiger charge is -2.37. The van der Waals surface area contributed by atoms with E-state index in [-0.39, 0.29) is 24.0 Å². The van der Waals surface area contributed by atoms with Crippen LogP contribution in [0.5, 0.6) is 0 Å². The summed E-state index contributed by atoms with van der Waals surface area (Å²) in [5.74, 6) is 0.667. The maximum Gasteiger partial charge on any atom is 0.237 e. The Labute approximate surface area is 139 Å². The lowest BCUT2D eigenvalue weighted by molar-refractivity contribution is -0.127. The Hall–Kier alpha value is -1.39. The average molecular weight is 318 g/mol. The number of hydrogen-bond donors (Lipinski definition) is 2.